The van der Waals surface area contributed by atoms with Gasteiger partial charge in [-0.25, -0.2) is 0 Å². The zero-order valence-electron chi connectivity index (χ0n) is 14.9. The summed E-state index contributed by atoms with van der Waals surface area (Å²) >= 11 is 0. The van der Waals surface area contributed by atoms with Crippen molar-refractivity contribution in [3.05, 3.63) is 29.8 Å². The average Bonchev–Trinajstić information content (AvgIpc) is 2.61. The predicted octanol–water partition coefficient (Wildman–Crippen LogP) is 2.39. The molecule has 1 fully saturated rings. The highest BCUT2D eigenvalue weighted by Gasteiger charge is 2.25. The van der Waals surface area contributed by atoms with Crippen molar-refractivity contribution in [2.24, 2.45) is 5.92 Å². The first-order chi connectivity index (χ1) is 11.5. The smallest absolute Gasteiger partial charge is 0.227 e. The summed E-state index contributed by atoms with van der Waals surface area (Å²) in [5.74, 6) is 1.04. The van der Waals surface area contributed by atoms with Gasteiger partial charge in [0.2, 0.25) is 11.8 Å². The number of nitrogens with zero attached hydrogens (tertiary/aromatic N) is 1. The maximum Gasteiger partial charge on any atom is 0.227 e. The molecule has 1 atom stereocenters. The molecule has 1 unspecified atom stereocenters. The first-order valence-electron chi connectivity index (χ1n) is 8.75. The van der Waals surface area contributed by atoms with Crippen LogP contribution in [0.5, 0.6) is 5.75 Å². The molecule has 5 heteroatoms. The van der Waals surface area contributed by atoms with E-state index in [9.17, 15) is 9.59 Å². The summed E-state index contributed by atoms with van der Waals surface area (Å²) < 4.78 is 5.31. The van der Waals surface area contributed by atoms with Crippen molar-refractivity contribution in [2.45, 2.75) is 45.6 Å². The van der Waals surface area contributed by atoms with E-state index in [0.29, 0.717) is 19.5 Å². The van der Waals surface area contributed by atoms with Crippen LogP contribution in [-0.2, 0) is 16.0 Å². The van der Waals surface area contributed by atoms with Crippen LogP contribution in [0.2, 0.25) is 0 Å². The van der Waals surface area contributed by atoms with Crippen LogP contribution in [0.25, 0.3) is 0 Å². The molecule has 1 aliphatic rings. The van der Waals surface area contributed by atoms with E-state index in [1.165, 1.54) is 0 Å². The Labute approximate surface area is 144 Å². The molecule has 0 bridgehead atoms. The molecule has 1 aromatic rings. The van der Waals surface area contributed by atoms with Crippen molar-refractivity contribution in [1.29, 1.82) is 0 Å². The summed E-state index contributed by atoms with van der Waals surface area (Å²) in [5, 5.41) is 3.10. The van der Waals surface area contributed by atoms with Gasteiger partial charge in [0.05, 0.1) is 13.5 Å². The van der Waals surface area contributed by atoms with E-state index in [1.807, 2.05) is 43.0 Å². The van der Waals surface area contributed by atoms with Crippen molar-refractivity contribution in [3.8, 4) is 5.75 Å². The number of nitrogens with one attached hydrogen (secondary N) is 1. The Hall–Kier alpha value is -2.04. The highest BCUT2D eigenvalue weighted by Crippen LogP contribution is 2.20. The van der Waals surface area contributed by atoms with E-state index in [-0.39, 0.29) is 23.8 Å². The lowest BCUT2D eigenvalue weighted by atomic mass is 10.0. The number of hydrogen-bond donors (Lipinski definition) is 1. The van der Waals surface area contributed by atoms with Crippen LogP contribution >= 0.6 is 0 Å². The van der Waals surface area contributed by atoms with Crippen LogP contribution in [-0.4, -0.2) is 43.0 Å². The van der Waals surface area contributed by atoms with Crippen LogP contribution in [0.3, 0.4) is 0 Å². The number of methoxy groups -OCH3 is 1. The number of likely N-dealkylation sites (tertiary alicyclic amines) is 1. The first kappa shape index (κ1) is 18.3. The topological polar surface area (TPSA) is 58.6 Å². The Morgan fingerprint density at radius 1 is 1.29 bits per heavy atom. The van der Waals surface area contributed by atoms with Gasteiger partial charge in [-0.2, -0.15) is 0 Å². The molecule has 0 spiro atoms. The van der Waals surface area contributed by atoms with Gasteiger partial charge >= 0.3 is 0 Å². The van der Waals surface area contributed by atoms with Crippen LogP contribution in [0.1, 0.15) is 38.7 Å². The maximum atomic E-state index is 12.5. The van der Waals surface area contributed by atoms with Gasteiger partial charge in [-0.15, -0.1) is 0 Å². The van der Waals surface area contributed by atoms with Gasteiger partial charge < -0.3 is 15.0 Å². The van der Waals surface area contributed by atoms with Crippen LogP contribution < -0.4 is 10.1 Å². The number of benzene rings is 1. The Morgan fingerprint density at radius 3 is 2.58 bits per heavy atom. The zero-order chi connectivity index (χ0) is 17.5. The number of rotatable bonds is 6. The molecule has 24 heavy (non-hydrogen) atoms. The Balaban J connectivity index is 1.83. The van der Waals surface area contributed by atoms with Gasteiger partial charge in [-0.1, -0.05) is 32.0 Å². The lowest BCUT2D eigenvalue weighted by Crippen LogP contribution is -2.47. The molecule has 1 aromatic carbocycles. The molecule has 2 rings (SSSR count). The Bertz CT molecular complexity index is 565. The van der Waals surface area contributed by atoms with E-state index in [2.05, 4.69) is 5.32 Å². The molecule has 5 nitrogen and oxygen atoms in total. The van der Waals surface area contributed by atoms with Gasteiger partial charge in [0.15, 0.2) is 0 Å². The Kier molecular flexibility index (Phi) is 6.64. The van der Waals surface area contributed by atoms with Crippen molar-refractivity contribution in [2.75, 3.05) is 20.2 Å². The third kappa shape index (κ3) is 4.73. The van der Waals surface area contributed by atoms with Crippen molar-refractivity contribution in [1.82, 2.24) is 10.2 Å². The van der Waals surface area contributed by atoms with Gasteiger partial charge in [0, 0.05) is 30.6 Å². The van der Waals surface area contributed by atoms with Gasteiger partial charge in [0.1, 0.15) is 5.75 Å². The summed E-state index contributed by atoms with van der Waals surface area (Å²) in [6.07, 6.45) is 2.84. The number of para-hydroxylation sites is 1. The van der Waals surface area contributed by atoms with Crippen LogP contribution in [0.4, 0.5) is 0 Å². The summed E-state index contributed by atoms with van der Waals surface area (Å²) in [4.78, 5) is 26.4. The molecule has 0 saturated carbocycles. The normalized spacial score (nSPS) is 16.5. The average molecular weight is 332 g/mol. The number of carbonyl (C=O) groups excluding carboxylic acids is 2. The molecule has 1 heterocycles. The predicted molar refractivity (Wildman–Crippen MR) is 93.9 cm³/mol. The van der Waals surface area contributed by atoms with Gasteiger partial charge in [-0.05, 0) is 25.3 Å². The number of ether oxygens (including phenoxy) is 1. The van der Waals surface area contributed by atoms with Crippen molar-refractivity contribution >= 4 is 11.8 Å². The SMILES string of the molecule is CCC(C)C(=O)NC1CCN(C(=O)Cc2ccccc2OC)CC1. The molecule has 1 aliphatic heterocycles. The zero-order valence-corrected chi connectivity index (χ0v) is 14.9. The molecule has 0 radical (unpaired) electrons. The molecule has 2 amide bonds. The number of amides is 2. The monoisotopic (exact) mass is 332 g/mol. The summed E-state index contributed by atoms with van der Waals surface area (Å²) in [7, 11) is 1.62. The molecule has 1 saturated heterocycles. The van der Waals surface area contributed by atoms with Gasteiger partial charge in [0.25, 0.3) is 0 Å². The fourth-order valence-electron chi connectivity index (χ4n) is 2.93. The molecular weight excluding hydrogens is 304 g/mol. The van der Waals surface area contributed by atoms with Crippen LogP contribution in [0.15, 0.2) is 24.3 Å². The van der Waals surface area contributed by atoms with Crippen molar-refractivity contribution < 1.29 is 14.3 Å². The fraction of sp³-hybridized carbons (Fsp3) is 0.579. The van der Waals surface area contributed by atoms with Gasteiger partial charge in [-0.3, -0.25) is 9.59 Å². The number of hydrogen-bond acceptors (Lipinski definition) is 3. The quantitative estimate of drug-likeness (QED) is 0.870. The van der Waals surface area contributed by atoms with E-state index in [4.69, 9.17) is 4.74 Å². The van der Waals surface area contributed by atoms with Crippen molar-refractivity contribution in [3.63, 3.8) is 0 Å². The number of piperidine rings is 1. The minimum Gasteiger partial charge on any atom is -0.496 e. The lowest BCUT2D eigenvalue weighted by Gasteiger charge is -2.33. The van der Waals surface area contributed by atoms with E-state index in [0.717, 1.165) is 30.6 Å². The third-order valence-corrected chi connectivity index (χ3v) is 4.79. The van der Waals surface area contributed by atoms with Crippen LogP contribution in [0, 0.1) is 5.92 Å². The maximum absolute atomic E-state index is 12.5. The standard InChI is InChI=1S/C19H28N2O3/c1-4-14(2)19(23)20-16-9-11-21(12-10-16)18(22)13-15-7-5-6-8-17(15)24-3/h5-8,14,16H,4,9-13H2,1-3H3,(H,20,23). The molecular formula is C19H28N2O3. The third-order valence-electron chi connectivity index (χ3n) is 4.79. The lowest BCUT2D eigenvalue weighted by molar-refractivity contribution is -0.131. The van der Waals surface area contributed by atoms with E-state index < -0.39 is 0 Å². The molecule has 132 valence electrons. The summed E-state index contributed by atoms with van der Waals surface area (Å²) in [5.41, 5.74) is 0.914. The fourth-order valence-corrected chi connectivity index (χ4v) is 2.93. The minimum absolute atomic E-state index is 0.0511. The highest BCUT2D eigenvalue weighted by atomic mass is 16.5. The second-order valence-corrected chi connectivity index (χ2v) is 6.46. The highest BCUT2D eigenvalue weighted by molar-refractivity contribution is 5.80. The summed E-state index contributed by atoms with van der Waals surface area (Å²) in [6, 6.07) is 7.80. The van der Waals surface area contributed by atoms with E-state index in [1.54, 1.807) is 7.11 Å². The largest absolute Gasteiger partial charge is 0.496 e. The second kappa shape index (κ2) is 8.71. The second-order valence-electron chi connectivity index (χ2n) is 6.46. The molecule has 0 aromatic heterocycles. The minimum atomic E-state index is 0.0511. The number of carbonyl (C=O) groups is 2. The van der Waals surface area contributed by atoms with E-state index >= 15 is 0 Å². The summed E-state index contributed by atoms with van der Waals surface area (Å²) in [6.45, 7) is 5.35. The Morgan fingerprint density at radius 2 is 1.96 bits per heavy atom. The molecule has 0 aliphatic carbocycles. The molecule has 1 N–H and O–H groups in total. The first-order valence-corrected chi connectivity index (χ1v) is 8.75.